The second-order valence-electron chi connectivity index (χ2n) is 10.2. The average molecular weight is 483 g/mol. The fourth-order valence-electron chi connectivity index (χ4n) is 5.07. The molecule has 3 fully saturated rings. The van der Waals surface area contributed by atoms with Gasteiger partial charge in [-0.3, -0.25) is 9.59 Å². The Labute approximate surface area is 205 Å². The maximum Gasteiger partial charge on any atom is 0.263 e. The van der Waals surface area contributed by atoms with Crippen LogP contribution in [0.3, 0.4) is 0 Å². The van der Waals surface area contributed by atoms with E-state index in [0.717, 1.165) is 44.3 Å². The van der Waals surface area contributed by atoms with Crippen molar-refractivity contribution >= 4 is 29.2 Å². The van der Waals surface area contributed by atoms with Crippen LogP contribution in [0.5, 0.6) is 5.75 Å². The molecule has 2 bridgehead atoms. The molecule has 34 heavy (non-hydrogen) atoms. The average Bonchev–Trinajstić information content (AvgIpc) is 3.56. The number of nitrogens with one attached hydrogen (secondary N) is 2. The second-order valence-corrected chi connectivity index (χ2v) is 10.6. The summed E-state index contributed by atoms with van der Waals surface area (Å²) in [5.74, 6) is 1.30. The number of piperidine rings is 1. The number of amides is 2. The molecule has 180 valence electrons. The molecule has 2 saturated heterocycles. The van der Waals surface area contributed by atoms with Gasteiger partial charge in [0.1, 0.15) is 11.6 Å². The summed E-state index contributed by atoms with van der Waals surface area (Å²) in [4.78, 5) is 32.3. The molecule has 2 amide bonds. The third kappa shape index (κ3) is 4.99. The maximum atomic E-state index is 13.1. The van der Waals surface area contributed by atoms with Crippen molar-refractivity contribution in [1.82, 2.24) is 15.6 Å². The third-order valence-corrected chi connectivity index (χ3v) is 7.21. The quantitative estimate of drug-likeness (QED) is 0.620. The number of hydrogen-bond donors (Lipinski definition) is 2. The van der Waals surface area contributed by atoms with Crippen molar-refractivity contribution < 1.29 is 14.3 Å². The molecule has 1 aliphatic carbocycles. The van der Waals surface area contributed by atoms with Gasteiger partial charge >= 0.3 is 0 Å². The number of anilines is 1. The predicted octanol–water partition coefficient (Wildman–Crippen LogP) is 4.10. The first kappa shape index (κ1) is 23.0. The molecule has 5 rings (SSSR count). The van der Waals surface area contributed by atoms with Crippen LogP contribution in [0.1, 0.15) is 62.7 Å². The predicted molar refractivity (Wildman–Crippen MR) is 131 cm³/mol. The molecule has 2 atom stereocenters. The fourth-order valence-corrected chi connectivity index (χ4v) is 5.25. The number of benzene rings is 1. The largest absolute Gasteiger partial charge is 0.478 e. The monoisotopic (exact) mass is 482 g/mol. The summed E-state index contributed by atoms with van der Waals surface area (Å²) in [7, 11) is 0. The number of halogens is 1. The highest BCUT2D eigenvalue weighted by molar-refractivity contribution is 6.30. The van der Waals surface area contributed by atoms with Gasteiger partial charge in [0.25, 0.3) is 11.8 Å². The zero-order valence-corrected chi connectivity index (χ0v) is 20.3. The lowest BCUT2D eigenvalue weighted by Crippen LogP contribution is -2.55. The van der Waals surface area contributed by atoms with E-state index in [-0.39, 0.29) is 17.9 Å². The van der Waals surface area contributed by atoms with Gasteiger partial charge in [-0.05, 0) is 82.7 Å². The molecule has 1 saturated carbocycles. The summed E-state index contributed by atoms with van der Waals surface area (Å²) in [6, 6.07) is 12.0. The third-order valence-electron chi connectivity index (χ3n) is 6.97. The molecule has 8 heteroatoms. The molecule has 7 nitrogen and oxygen atoms in total. The second kappa shape index (κ2) is 9.10. The molecule has 2 unspecified atom stereocenters. The summed E-state index contributed by atoms with van der Waals surface area (Å²) in [6.07, 6.45) is 7.68. The Morgan fingerprint density at radius 2 is 1.76 bits per heavy atom. The van der Waals surface area contributed by atoms with Crippen molar-refractivity contribution in [2.24, 2.45) is 0 Å². The van der Waals surface area contributed by atoms with Crippen LogP contribution >= 0.6 is 11.6 Å². The Kier molecular flexibility index (Phi) is 6.15. The van der Waals surface area contributed by atoms with E-state index in [2.05, 4.69) is 20.5 Å². The number of carbonyl (C=O) groups excluding carboxylic acids is 2. The molecule has 0 radical (unpaired) electrons. The molecular weight excluding hydrogens is 452 g/mol. The van der Waals surface area contributed by atoms with Crippen LogP contribution in [-0.2, 0) is 4.79 Å². The highest BCUT2D eigenvalue weighted by atomic mass is 35.5. The highest BCUT2D eigenvalue weighted by Gasteiger charge is 2.43. The van der Waals surface area contributed by atoms with Gasteiger partial charge in [-0.25, -0.2) is 4.98 Å². The van der Waals surface area contributed by atoms with Crippen LogP contribution in [0.4, 0.5) is 5.82 Å². The van der Waals surface area contributed by atoms with E-state index < -0.39 is 5.60 Å². The Bertz CT molecular complexity index is 1060. The van der Waals surface area contributed by atoms with Gasteiger partial charge in [-0.2, -0.15) is 0 Å². The fraction of sp³-hybridized carbons (Fsp3) is 0.500. The van der Waals surface area contributed by atoms with Crippen LogP contribution in [-0.4, -0.2) is 46.6 Å². The molecule has 3 aliphatic rings. The number of rotatable bonds is 7. The van der Waals surface area contributed by atoms with Crippen molar-refractivity contribution in [2.45, 2.75) is 82.1 Å². The first-order chi connectivity index (χ1) is 16.3. The molecule has 1 aromatic carbocycles. The Morgan fingerprint density at radius 3 is 2.38 bits per heavy atom. The van der Waals surface area contributed by atoms with Crippen molar-refractivity contribution in [3.05, 3.63) is 53.2 Å². The van der Waals surface area contributed by atoms with E-state index in [4.69, 9.17) is 16.3 Å². The molecule has 0 spiro atoms. The smallest absolute Gasteiger partial charge is 0.263 e. The number of pyridine rings is 1. The normalized spacial score (nSPS) is 24.0. The first-order valence-corrected chi connectivity index (χ1v) is 12.5. The van der Waals surface area contributed by atoms with E-state index in [1.54, 1.807) is 44.3 Å². The molecule has 1 aromatic heterocycles. The maximum absolute atomic E-state index is 13.1. The standard InChI is InChI=1S/C26H31ClN4O3/c1-26(2,34-22-5-3-4-17(27)12-22)25(33)30-19-13-20-9-10-21(14-19)31(20)23-11-6-16(15-28-23)24(32)29-18-7-8-18/h3-6,11-12,15,18-21H,7-10,13-14H2,1-2H3,(H,29,32)(H,30,33). The lowest BCUT2D eigenvalue weighted by molar-refractivity contribution is -0.135. The van der Waals surface area contributed by atoms with Crippen LogP contribution in [0.25, 0.3) is 0 Å². The van der Waals surface area contributed by atoms with Gasteiger partial charge in [0.15, 0.2) is 5.60 Å². The van der Waals surface area contributed by atoms with Gasteiger partial charge in [0.05, 0.1) is 5.56 Å². The van der Waals surface area contributed by atoms with E-state index in [1.807, 2.05) is 12.1 Å². The first-order valence-electron chi connectivity index (χ1n) is 12.1. The minimum atomic E-state index is -1.01. The molecule has 3 heterocycles. The van der Waals surface area contributed by atoms with Gasteiger partial charge in [0, 0.05) is 35.4 Å². The van der Waals surface area contributed by atoms with E-state index in [1.165, 1.54) is 0 Å². The Morgan fingerprint density at radius 1 is 1.03 bits per heavy atom. The molecule has 2 N–H and O–H groups in total. The van der Waals surface area contributed by atoms with Crippen molar-refractivity contribution in [3.63, 3.8) is 0 Å². The van der Waals surface area contributed by atoms with Crippen molar-refractivity contribution in [1.29, 1.82) is 0 Å². The van der Waals surface area contributed by atoms with E-state index in [0.29, 0.717) is 34.5 Å². The van der Waals surface area contributed by atoms with Crippen LogP contribution in [0, 0.1) is 0 Å². The number of aromatic nitrogens is 1. The molecular formula is C26H31ClN4O3. The minimum Gasteiger partial charge on any atom is -0.478 e. The van der Waals surface area contributed by atoms with E-state index >= 15 is 0 Å². The summed E-state index contributed by atoms with van der Waals surface area (Å²) < 4.78 is 5.95. The van der Waals surface area contributed by atoms with Crippen LogP contribution in [0.15, 0.2) is 42.6 Å². The summed E-state index contributed by atoms with van der Waals surface area (Å²) in [6.45, 7) is 3.55. The zero-order chi connectivity index (χ0) is 23.9. The van der Waals surface area contributed by atoms with Crippen molar-refractivity contribution in [3.8, 4) is 5.75 Å². The Hall–Kier alpha value is -2.80. The number of hydrogen-bond acceptors (Lipinski definition) is 5. The summed E-state index contributed by atoms with van der Waals surface area (Å²) in [5, 5.41) is 6.79. The number of ether oxygens (including phenoxy) is 1. The molecule has 2 aliphatic heterocycles. The SMILES string of the molecule is CC(C)(Oc1cccc(Cl)c1)C(=O)NC1CC2CCC(C1)N2c1ccc(C(=O)NC2CC2)cn1. The van der Waals surface area contributed by atoms with Crippen LogP contribution in [0.2, 0.25) is 5.02 Å². The molecule has 2 aromatic rings. The van der Waals surface area contributed by atoms with Crippen LogP contribution < -0.4 is 20.3 Å². The Balaban J connectivity index is 1.19. The van der Waals surface area contributed by atoms with Crippen molar-refractivity contribution in [2.75, 3.05) is 4.90 Å². The topological polar surface area (TPSA) is 83.6 Å². The van der Waals surface area contributed by atoms with Gasteiger partial charge in [-0.15, -0.1) is 0 Å². The minimum absolute atomic E-state index is 0.0476. The van der Waals surface area contributed by atoms with Gasteiger partial charge < -0.3 is 20.3 Å². The van der Waals surface area contributed by atoms with E-state index in [9.17, 15) is 9.59 Å². The summed E-state index contributed by atoms with van der Waals surface area (Å²) >= 11 is 6.05. The lowest BCUT2D eigenvalue weighted by atomic mass is 9.96. The number of fused-ring (bicyclic) bond motifs is 2. The highest BCUT2D eigenvalue weighted by Crippen LogP contribution is 2.39. The zero-order valence-electron chi connectivity index (χ0n) is 19.6. The number of carbonyl (C=O) groups is 2. The number of nitrogens with zero attached hydrogens (tertiary/aromatic N) is 2. The lowest BCUT2D eigenvalue weighted by Gasteiger charge is -2.40. The summed E-state index contributed by atoms with van der Waals surface area (Å²) in [5.41, 5.74) is -0.411. The van der Waals surface area contributed by atoms with Gasteiger partial charge in [-0.1, -0.05) is 17.7 Å². The van der Waals surface area contributed by atoms with Gasteiger partial charge in [0.2, 0.25) is 0 Å².